The molecule has 5 rings (SSSR count). The molecule has 0 bridgehead atoms. The summed E-state index contributed by atoms with van der Waals surface area (Å²) in [6.07, 6.45) is 4.12. The summed E-state index contributed by atoms with van der Waals surface area (Å²) in [6.45, 7) is 4.77. The Morgan fingerprint density at radius 2 is 1.69 bits per heavy atom. The minimum Gasteiger partial charge on any atom is -0.495 e. The number of likely N-dealkylation sites (tertiary alicyclic amines) is 1. The van der Waals surface area contributed by atoms with Crippen LogP contribution in [0.2, 0.25) is 0 Å². The number of hydrogen-bond donors (Lipinski definition) is 1. The van der Waals surface area contributed by atoms with Crippen molar-refractivity contribution in [2.24, 2.45) is 0 Å². The van der Waals surface area contributed by atoms with Gasteiger partial charge in [0.05, 0.1) is 38.1 Å². The molecule has 3 aromatic carbocycles. The number of carbonyl (C=O) groups is 2. The summed E-state index contributed by atoms with van der Waals surface area (Å²) in [6, 6.07) is 16.6. The molecule has 1 aliphatic heterocycles. The lowest BCUT2D eigenvalue weighted by atomic mass is 10.0. The van der Waals surface area contributed by atoms with Crippen LogP contribution < -0.4 is 19.5 Å². The molecule has 1 aromatic heterocycles. The number of anilines is 2. The smallest absolute Gasteiger partial charge is 0.337 e. The van der Waals surface area contributed by atoms with Crippen molar-refractivity contribution in [3.8, 4) is 28.4 Å². The molecule has 2 heterocycles. The molecular weight excluding hydrogens is 536 g/mol. The number of esters is 1. The summed E-state index contributed by atoms with van der Waals surface area (Å²) in [7, 11) is 4.55. The van der Waals surface area contributed by atoms with E-state index < -0.39 is 5.97 Å². The zero-order valence-electron chi connectivity index (χ0n) is 23.8. The van der Waals surface area contributed by atoms with Crippen molar-refractivity contribution in [3.63, 3.8) is 0 Å². The Morgan fingerprint density at radius 3 is 2.40 bits per heavy atom. The Hall–Kier alpha value is -5.12. The molecule has 1 amide bonds. The average molecular weight is 569 g/mol. The fourth-order valence-corrected chi connectivity index (χ4v) is 4.97. The first-order valence-electron chi connectivity index (χ1n) is 13.5. The Morgan fingerprint density at radius 1 is 0.929 bits per heavy atom. The number of ether oxygens (including phenoxy) is 4. The first-order chi connectivity index (χ1) is 20.4. The standard InChI is InChI=1S/C32H32N4O6/c1-5-30(37)36-13-11-23(12-14-36)42-29-17-24-25(18-28(29)40-3)33-19-34-31(24)35-26-16-21(9-10-27(26)39-2)20-7-6-8-22(15-20)32(38)41-4/h5-10,15-19,23H,1,11-14H2,2-4H3,(H,33,34,35). The molecule has 4 aromatic rings. The fourth-order valence-electron chi connectivity index (χ4n) is 4.97. The first kappa shape index (κ1) is 28.4. The maximum Gasteiger partial charge on any atom is 0.337 e. The van der Waals surface area contributed by atoms with E-state index in [0.29, 0.717) is 65.8 Å². The number of methoxy groups -OCH3 is 3. The molecule has 10 heteroatoms. The third-order valence-electron chi connectivity index (χ3n) is 7.21. The average Bonchev–Trinajstić information content (AvgIpc) is 3.04. The lowest BCUT2D eigenvalue weighted by Gasteiger charge is -2.31. The largest absolute Gasteiger partial charge is 0.495 e. The Balaban J connectivity index is 1.46. The zero-order chi connectivity index (χ0) is 29.6. The van der Waals surface area contributed by atoms with Gasteiger partial charge in [0.1, 0.15) is 24.0 Å². The Kier molecular flexibility index (Phi) is 8.52. The number of carbonyl (C=O) groups excluding carboxylic acids is 2. The third kappa shape index (κ3) is 5.97. The van der Waals surface area contributed by atoms with E-state index in [0.717, 1.165) is 16.5 Å². The van der Waals surface area contributed by atoms with Crippen molar-refractivity contribution in [2.75, 3.05) is 39.7 Å². The number of nitrogens with zero attached hydrogens (tertiary/aromatic N) is 3. The number of fused-ring (bicyclic) bond motifs is 1. The van der Waals surface area contributed by atoms with Crippen molar-refractivity contribution >= 4 is 34.3 Å². The maximum atomic E-state index is 12.1. The summed E-state index contributed by atoms with van der Waals surface area (Å²) in [5.74, 6) is 1.82. The molecule has 1 saturated heterocycles. The normalized spacial score (nSPS) is 13.4. The van der Waals surface area contributed by atoms with Gasteiger partial charge in [0, 0.05) is 37.4 Å². The Bertz CT molecular complexity index is 1630. The lowest BCUT2D eigenvalue weighted by Crippen LogP contribution is -2.41. The van der Waals surface area contributed by atoms with Crippen LogP contribution in [0.4, 0.5) is 11.5 Å². The van der Waals surface area contributed by atoms with Gasteiger partial charge in [0.25, 0.3) is 0 Å². The van der Waals surface area contributed by atoms with Crippen LogP contribution in [-0.4, -0.2) is 67.3 Å². The molecule has 1 aliphatic rings. The van der Waals surface area contributed by atoms with Gasteiger partial charge in [-0.3, -0.25) is 4.79 Å². The van der Waals surface area contributed by atoms with Crippen LogP contribution in [0.3, 0.4) is 0 Å². The van der Waals surface area contributed by atoms with Gasteiger partial charge in [-0.05, 0) is 47.5 Å². The summed E-state index contributed by atoms with van der Waals surface area (Å²) < 4.78 is 22.5. The summed E-state index contributed by atoms with van der Waals surface area (Å²) in [5.41, 5.74) is 3.52. The van der Waals surface area contributed by atoms with Gasteiger partial charge in [-0.25, -0.2) is 14.8 Å². The van der Waals surface area contributed by atoms with Crippen LogP contribution in [0.25, 0.3) is 22.0 Å². The molecule has 1 N–H and O–H groups in total. The summed E-state index contributed by atoms with van der Waals surface area (Å²) >= 11 is 0. The summed E-state index contributed by atoms with van der Waals surface area (Å²) in [5, 5.41) is 4.13. The van der Waals surface area contributed by atoms with Crippen molar-refractivity contribution in [1.82, 2.24) is 14.9 Å². The van der Waals surface area contributed by atoms with Crippen LogP contribution in [0.15, 0.2) is 73.6 Å². The molecule has 0 unspecified atom stereocenters. The number of rotatable bonds is 9. The number of amides is 1. The van der Waals surface area contributed by atoms with Crippen LogP contribution in [-0.2, 0) is 9.53 Å². The van der Waals surface area contributed by atoms with Crippen molar-refractivity contribution in [3.05, 3.63) is 79.1 Å². The summed E-state index contributed by atoms with van der Waals surface area (Å²) in [4.78, 5) is 34.8. The van der Waals surface area contributed by atoms with E-state index in [1.54, 1.807) is 31.3 Å². The molecule has 0 spiro atoms. The monoisotopic (exact) mass is 568 g/mol. The highest BCUT2D eigenvalue weighted by atomic mass is 16.5. The topological polar surface area (TPSA) is 112 Å². The van der Waals surface area contributed by atoms with E-state index >= 15 is 0 Å². The first-order valence-corrected chi connectivity index (χ1v) is 13.5. The second-order valence-electron chi connectivity index (χ2n) is 9.70. The second kappa shape index (κ2) is 12.6. The van der Waals surface area contributed by atoms with Crippen LogP contribution in [0.5, 0.6) is 17.2 Å². The van der Waals surface area contributed by atoms with E-state index in [9.17, 15) is 9.59 Å². The molecule has 216 valence electrons. The van der Waals surface area contributed by atoms with E-state index in [4.69, 9.17) is 18.9 Å². The number of aromatic nitrogens is 2. The van der Waals surface area contributed by atoms with Gasteiger partial charge in [0.2, 0.25) is 5.91 Å². The van der Waals surface area contributed by atoms with Gasteiger partial charge in [0.15, 0.2) is 11.5 Å². The van der Waals surface area contributed by atoms with E-state index in [1.807, 2.05) is 42.5 Å². The van der Waals surface area contributed by atoms with E-state index in [2.05, 4.69) is 21.9 Å². The number of benzene rings is 3. The second-order valence-corrected chi connectivity index (χ2v) is 9.70. The van der Waals surface area contributed by atoms with E-state index in [-0.39, 0.29) is 12.0 Å². The zero-order valence-corrected chi connectivity index (χ0v) is 23.8. The minimum absolute atomic E-state index is 0.0692. The number of hydrogen-bond acceptors (Lipinski definition) is 9. The van der Waals surface area contributed by atoms with Crippen molar-refractivity contribution < 1.29 is 28.5 Å². The quantitative estimate of drug-likeness (QED) is 0.209. The van der Waals surface area contributed by atoms with Gasteiger partial charge in [-0.1, -0.05) is 24.8 Å². The van der Waals surface area contributed by atoms with E-state index in [1.165, 1.54) is 19.5 Å². The molecule has 10 nitrogen and oxygen atoms in total. The SMILES string of the molecule is C=CC(=O)N1CCC(Oc2cc3c(Nc4cc(-c5cccc(C(=O)OC)c5)ccc4OC)ncnc3cc2OC)CC1. The van der Waals surface area contributed by atoms with Crippen LogP contribution in [0.1, 0.15) is 23.2 Å². The maximum absolute atomic E-state index is 12.1. The molecule has 1 fully saturated rings. The number of nitrogens with one attached hydrogen (secondary N) is 1. The van der Waals surface area contributed by atoms with Crippen LogP contribution in [0, 0.1) is 0 Å². The van der Waals surface area contributed by atoms with Crippen molar-refractivity contribution in [2.45, 2.75) is 18.9 Å². The molecule has 0 saturated carbocycles. The Labute approximate surface area is 243 Å². The third-order valence-corrected chi connectivity index (χ3v) is 7.21. The van der Waals surface area contributed by atoms with Crippen molar-refractivity contribution in [1.29, 1.82) is 0 Å². The van der Waals surface area contributed by atoms with Gasteiger partial charge in [-0.2, -0.15) is 0 Å². The van der Waals surface area contributed by atoms with Gasteiger partial charge < -0.3 is 29.2 Å². The highest BCUT2D eigenvalue weighted by Gasteiger charge is 2.24. The predicted octanol–water partition coefficient (Wildman–Crippen LogP) is 5.40. The lowest BCUT2D eigenvalue weighted by molar-refractivity contribution is -0.127. The van der Waals surface area contributed by atoms with Gasteiger partial charge >= 0.3 is 5.97 Å². The molecule has 42 heavy (non-hydrogen) atoms. The van der Waals surface area contributed by atoms with Gasteiger partial charge in [-0.15, -0.1) is 0 Å². The molecule has 0 aliphatic carbocycles. The minimum atomic E-state index is -0.402. The molecule has 0 atom stereocenters. The molecular formula is C32H32N4O6. The fraction of sp³-hybridized carbons (Fsp3) is 0.250. The predicted molar refractivity (Wildman–Crippen MR) is 160 cm³/mol. The highest BCUT2D eigenvalue weighted by molar-refractivity contribution is 5.94. The number of piperidine rings is 1. The molecule has 0 radical (unpaired) electrons. The van der Waals surface area contributed by atoms with Crippen LogP contribution >= 0.6 is 0 Å². The highest BCUT2D eigenvalue weighted by Crippen LogP contribution is 2.38.